The average molecular weight is 161 g/mol. The second-order valence-corrected chi connectivity index (χ2v) is 6.25. The van der Waals surface area contributed by atoms with Crippen LogP contribution >= 0.6 is 0 Å². The van der Waals surface area contributed by atoms with Gasteiger partial charge in [0.1, 0.15) is 0 Å². The van der Waals surface area contributed by atoms with E-state index in [4.69, 9.17) is 0 Å². The van der Waals surface area contributed by atoms with E-state index in [2.05, 4.69) is 4.36 Å². The molecule has 1 aliphatic rings. The Hall–Kier alpha value is -0.0500. The van der Waals surface area contributed by atoms with Gasteiger partial charge in [-0.1, -0.05) is 13.8 Å². The molecule has 1 rings (SSSR count). The molecule has 0 radical (unpaired) electrons. The molecule has 10 heavy (non-hydrogen) atoms. The van der Waals surface area contributed by atoms with Gasteiger partial charge < -0.3 is 0 Å². The third kappa shape index (κ3) is 1.19. The average Bonchev–Trinajstić information content (AvgIpc) is 2.67. The van der Waals surface area contributed by atoms with Crippen molar-refractivity contribution in [1.29, 1.82) is 0 Å². The Morgan fingerprint density at radius 3 is 2.10 bits per heavy atom. The quantitative estimate of drug-likeness (QED) is 0.605. The molecular weight excluding hydrogens is 146 g/mol. The van der Waals surface area contributed by atoms with Gasteiger partial charge in [0.15, 0.2) is 0 Å². The first-order valence-electron chi connectivity index (χ1n) is 3.74. The van der Waals surface area contributed by atoms with E-state index in [0.717, 1.165) is 12.8 Å². The lowest BCUT2D eigenvalue weighted by Crippen LogP contribution is -2.17. The van der Waals surface area contributed by atoms with Crippen LogP contribution in [0.25, 0.3) is 0 Å². The molecule has 1 unspecified atom stereocenters. The van der Waals surface area contributed by atoms with Crippen LogP contribution in [0.5, 0.6) is 0 Å². The Labute approximate surface area is 63.2 Å². The zero-order valence-electron chi connectivity index (χ0n) is 6.83. The van der Waals surface area contributed by atoms with Crippen molar-refractivity contribution in [3.8, 4) is 0 Å². The van der Waals surface area contributed by atoms with Gasteiger partial charge in [0.05, 0.1) is 9.73 Å². The number of hydrogen-bond acceptors (Lipinski definition) is 2. The summed E-state index contributed by atoms with van der Waals surface area (Å²) in [4.78, 5) is 0. The molecule has 0 aromatic carbocycles. The van der Waals surface area contributed by atoms with Crippen molar-refractivity contribution in [1.82, 2.24) is 0 Å². The molecule has 1 saturated carbocycles. The summed E-state index contributed by atoms with van der Waals surface area (Å²) < 4.78 is 15.9. The summed E-state index contributed by atoms with van der Waals surface area (Å²) >= 11 is 0. The molecule has 0 aromatic rings. The predicted molar refractivity (Wildman–Crippen MR) is 44.7 cm³/mol. The maximum Gasteiger partial charge on any atom is 0.0517 e. The fourth-order valence-corrected chi connectivity index (χ4v) is 3.45. The largest absolute Gasteiger partial charge is 0.249 e. The van der Waals surface area contributed by atoms with Crippen molar-refractivity contribution in [2.45, 2.75) is 37.2 Å². The van der Waals surface area contributed by atoms with Crippen LogP contribution in [0.3, 0.4) is 0 Å². The predicted octanol–water partition coefficient (Wildman–Crippen LogP) is 1.66. The molecule has 1 atom stereocenters. The molecule has 0 aliphatic heterocycles. The van der Waals surface area contributed by atoms with E-state index in [1.165, 1.54) is 0 Å². The standard InChI is InChI=1S/C7H15NOS/c1-6(2)10(9,8-3)7-4-5-7/h6-7H,4-5H2,1-3H3. The van der Waals surface area contributed by atoms with Crippen LogP contribution in [-0.4, -0.2) is 21.8 Å². The van der Waals surface area contributed by atoms with E-state index in [1.807, 2.05) is 13.8 Å². The van der Waals surface area contributed by atoms with Gasteiger partial charge in [0.2, 0.25) is 0 Å². The fourth-order valence-electron chi connectivity index (χ4n) is 1.15. The van der Waals surface area contributed by atoms with Crippen LogP contribution in [0, 0.1) is 0 Å². The van der Waals surface area contributed by atoms with Crippen LogP contribution in [-0.2, 0) is 9.73 Å². The first-order valence-corrected chi connectivity index (χ1v) is 5.38. The summed E-state index contributed by atoms with van der Waals surface area (Å²) in [6.07, 6.45) is 2.24. The van der Waals surface area contributed by atoms with Gasteiger partial charge in [0, 0.05) is 17.5 Å². The highest BCUT2D eigenvalue weighted by molar-refractivity contribution is 7.95. The molecule has 60 valence electrons. The van der Waals surface area contributed by atoms with Crippen molar-refractivity contribution >= 4 is 9.73 Å². The van der Waals surface area contributed by atoms with Crippen molar-refractivity contribution in [3.05, 3.63) is 0 Å². The maximum atomic E-state index is 11.8. The second-order valence-electron chi connectivity index (χ2n) is 3.04. The van der Waals surface area contributed by atoms with Crippen molar-refractivity contribution in [2.75, 3.05) is 7.05 Å². The van der Waals surface area contributed by atoms with Crippen LogP contribution in [0.1, 0.15) is 26.7 Å². The monoisotopic (exact) mass is 161 g/mol. The summed E-state index contributed by atoms with van der Waals surface area (Å²) in [5, 5.41) is 0.641. The molecule has 0 bridgehead atoms. The van der Waals surface area contributed by atoms with E-state index in [-0.39, 0.29) is 5.25 Å². The van der Waals surface area contributed by atoms with Gasteiger partial charge in [-0.2, -0.15) is 0 Å². The van der Waals surface area contributed by atoms with Crippen LogP contribution in [0.2, 0.25) is 0 Å². The molecule has 0 heterocycles. The summed E-state index contributed by atoms with van der Waals surface area (Å²) in [5.41, 5.74) is 0. The van der Waals surface area contributed by atoms with Gasteiger partial charge in [0.25, 0.3) is 0 Å². The SMILES string of the molecule is CN=S(=O)(C(C)C)C1CC1. The highest BCUT2D eigenvalue weighted by Gasteiger charge is 2.35. The highest BCUT2D eigenvalue weighted by Crippen LogP contribution is 2.32. The molecule has 0 aromatic heterocycles. The second kappa shape index (κ2) is 2.53. The van der Waals surface area contributed by atoms with Crippen LogP contribution in [0.15, 0.2) is 4.36 Å². The van der Waals surface area contributed by atoms with Crippen LogP contribution in [0.4, 0.5) is 0 Å². The Morgan fingerprint density at radius 2 is 2.00 bits per heavy atom. The molecule has 0 saturated heterocycles. The maximum absolute atomic E-state index is 11.8. The molecule has 1 aliphatic carbocycles. The lowest BCUT2D eigenvalue weighted by Gasteiger charge is -2.10. The van der Waals surface area contributed by atoms with Crippen molar-refractivity contribution < 1.29 is 4.21 Å². The minimum absolute atomic E-state index is 0.227. The normalized spacial score (nSPS) is 24.4. The Balaban J connectivity index is 2.88. The Kier molecular flexibility index (Phi) is 2.04. The number of nitrogens with zero attached hydrogens (tertiary/aromatic N) is 1. The van der Waals surface area contributed by atoms with Gasteiger partial charge in [-0.05, 0) is 12.8 Å². The van der Waals surface area contributed by atoms with E-state index in [9.17, 15) is 4.21 Å². The highest BCUT2D eigenvalue weighted by atomic mass is 32.2. The van der Waals surface area contributed by atoms with E-state index in [0.29, 0.717) is 5.25 Å². The van der Waals surface area contributed by atoms with Gasteiger partial charge in [-0.15, -0.1) is 0 Å². The molecule has 0 spiro atoms. The van der Waals surface area contributed by atoms with E-state index >= 15 is 0 Å². The molecular formula is C7H15NOS. The zero-order valence-corrected chi connectivity index (χ0v) is 7.65. The smallest absolute Gasteiger partial charge is 0.0517 e. The lowest BCUT2D eigenvalue weighted by molar-refractivity contribution is 0.668. The summed E-state index contributed by atoms with van der Waals surface area (Å²) in [5.74, 6) is 0. The van der Waals surface area contributed by atoms with Gasteiger partial charge in [-0.25, -0.2) is 8.57 Å². The first kappa shape index (κ1) is 8.05. The summed E-state index contributed by atoms with van der Waals surface area (Å²) in [6, 6.07) is 0. The molecule has 0 N–H and O–H groups in total. The van der Waals surface area contributed by atoms with Crippen molar-refractivity contribution in [3.63, 3.8) is 0 Å². The molecule has 1 fully saturated rings. The fraction of sp³-hybridized carbons (Fsp3) is 1.00. The summed E-state index contributed by atoms with van der Waals surface area (Å²) in [6.45, 7) is 3.99. The minimum Gasteiger partial charge on any atom is -0.249 e. The Bertz CT molecular complexity index is 214. The molecule has 3 heteroatoms. The molecule has 2 nitrogen and oxygen atoms in total. The third-order valence-corrected chi connectivity index (χ3v) is 5.31. The van der Waals surface area contributed by atoms with Crippen LogP contribution < -0.4 is 0 Å². The number of rotatable bonds is 2. The van der Waals surface area contributed by atoms with E-state index < -0.39 is 9.73 Å². The summed E-state index contributed by atoms with van der Waals surface area (Å²) in [7, 11) is -0.143. The van der Waals surface area contributed by atoms with Crippen molar-refractivity contribution in [2.24, 2.45) is 4.36 Å². The lowest BCUT2D eigenvalue weighted by atomic mass is 10.6. The number of hydrogen-bond donors (Lipinski definition) is 0. The first-order chi connectivity index (χ1) is 4.61. The third-order valence-electron chi connectivity index (χ3n) is 1.96. The van der Waals surface area contributed by atoms with Gasteiger partial charge in [-0.3, -0.25) is 0 Å². The topological polar surface area (TPSA) is 29.4 Å². The van der Waals surface area contributed by atoms with E-state index in [1.54, 1.807) is 7.05 Å². The minimum atomic E-state index is -1.82. The zero-order chi connectivity index (χ0) is 7.78. The Morgan fingerprint density at radius 1 is 1.50 bits per heavy atom. The van der Waals surface area contributed by atoms with Gasteiger partial charge >= 0.3 is 0 Å². The molecule has 0 amide bonds.